The number of carbonyl (C=O) groups is 1. The summed E-state index contributed by atoms with van der Waals surface area (Å²) >= 11 is 0. The summed E-state index contributed by atoms with van der Waals surface area (Å²) < 4.78 is 14.7. The molecule has 0 aliphatic heterocycles. The minimum atomic E-state index is -0.294. The van der Waals surface area contributed by atoms with Gasteiger partial charge in [-0.25, -0.2) is 4.39 Å². The highest BCUT2D eigenvalue weighted by atomic mass is 19.1. The van der Waals surface area contributed by atoms with E-state index in [1.54, 1.807) is 29.9 Å². The Kier molecular flexibility index (Phi) is 5.54. The van der Waals surface area contributed by atoms with E-state index in [1.165, 1.54) is 12.1 Å². The molecule has 1 amide bonds. The molecule has 0 atom stereocenters. The van der Waals surface area contributed by atoms with Gasteiger partial charge in [-0.05, 0) is 60.0 Å². The Balaban J connectivity index is 1.60. The van der Waals surface area contributed by atoms with Crippen LogP contribution in [-0.4, -0.2) is 36.3 Å². The molecule has 0 saturated carbocycles. The third-order valence-corrected chi connectivity index (χ3v) is 4.40. The van der Waals surface area contributed by atoms with E-state index in [9.17, 15) is 9.18 Å². The summed E-state index contributed by atoms with van der Waals surface area (Å²) in [6.07, 6.45) is 0.747. The molecular weight excluding hydrogens is 343 g/mol. The van der Waals surface area contributed by atoms with Gasteiger partial charge >= 0.3 is 0 Å². The largest absolute Gasteiger partial charge is 0.378 e. The smallest absolute Gasteiger partial charge is 0.271 e. The van der Waals surface area contributed by atoms with E-state index < -0.39 is 0 Å². The first-order chi connectivity index (χ1) is 12.9. The minimum Gasteiger partial charge on any atom is -0.378 e. The van der Waals surface area contributed by atoms with Crippen LogP contribution in [0.2, 0.25) is 0 Å². The lowest BCUT2D eigenvalue weighted by molar-refractivity contribution is 0.0948. The van der Waals surface area contributed by atoms with Crippen LogP contribution in [0.25, 0.3) is 11.3 Å². The van der Waals surface area contributed by atoms with Crippen molar-refractivity contribution in [2.75, 3.05) is 25.5 Å². The minimum absolute atomic E-state index is 0.219. The molecule has 0 spiro atoms. The topological polar surface area (TPSA) is 50.2 Å². The van der Waals surface area contributed by atoms with E-state index in [4.69, 9.17) is 0 Å². The predicted molar refractivity (Wildman–Crippen MR) is 105 cm³/mol. The van der Waals surface area contributed by atoms with E-state index >= 15 is 0 Å². The number of aryl methyl sites for hydroxylation is 1. The van der Waals surface area contributed by atoms with Crippen molar-refractivity contribution in [2.45, 2.75) is 6.42 Å². The third kappa shape index (κ3) is 4.53. The van der Waals surface area contributed by atoms with Gasteiger partial charge in [-0.2, -0.15) is 5.10 Å². The van der Waals surface area contributed by atoms with Gasteiger partial charge in [0.05, 0.1) is 5.69 Å². The van der Waals surface area contributed by atoms with Crippen molar-refractivity contribution in [1.29, 1.82) is 0 Å². The van der Waals surface area contributed by atoms with E-state index in [-0.39, 0.29) is 11.7 Å². The molecule has 0 radical (unpaired) electrons. The Labute approximate surface area is 158 Å². The number of rotatable bonds is 6. The molecule has 3 aromatic rings. The van der Waals surface area contributed by atoms with Crippen molar-refractivity contribution in [3.8, 4) is 11.3 Å². The number of anilines is 1. The average Bonchev–Trinajstić information content (AvgIpc) is 3.04. The summed E-state index contributed by atoms with van der Waals surface area (Å²) in [7, 11) is 5.77. The molecular formula is C21H23FN4O. The van der Waals surface area contributed by atoms with E-state index in [0.717, 1.165) is 28.9 Å². The van der Waals surface area contributed by atoms with E-state index in [0.29, 0.717) is 12.2 Å². The molecule has 6 heteroatoms. The van der Waals surface area contributed by atoms with Crippen molar-refractivity contribution >= 4 is 11.6 Å². The maximum atomic E-state index is 13.1. The Morgan fingerprint density at radius 1 is 1.11 bits per heavy atom. The second kappa shape index (κ2) is 8.03. The zero-order chi connectivity index (χ0) is 19.4. The van der Waals surface area contributed by atoms with E-state index in [1.807, 2.05) is 19.0 Å². The lowest BCUT2D eigenvalue weighted by atomic mass is 10.1. The highest BCUT2D eigenvalue weighted by Gasteiger charge is 2.13. The average molecular weight is 366 g/mol. The zero-order valence-corrected chi connectivity index (χ0v) is 15.7. The first-order valence-corrected chi connectivity index (χ1v) is 8.78. The Morgan fingerprint density at radius 3 is 2.41 bits per heavy atom. The Hall–Kier alpha value is -3.15. The first-order valence-electron chi connectivity index (χ1n) is 8.78. The normalized spacial score (nSPS) is 10.7. The van der Waals surface area contributed by atoms with Gasteiger partial charge < -0.3 is 10.2 Å². The van der Waals surface area contributed by atoms with Gasteiger partial charge in [0.2, 0.25) is 0 Å². The van der Waals surface area contributed by atoms with Crippen LogP contribution in [0.1, 0.15) is 16.1 Å². The quantitative estimate of drug-likeness (QED) is 0.728. The SMILES string of the molecule is CN(C)c1ccc(CCNC(=O)c2cc(-c3ccc(F)cc3)n(C)n2)cc1. The van der Waals surface area contributed by atoms with Crippen molar-refractivity contribution in [2.24, 2.45) is 7.05 Å². The molecule has 1 N–H and O–H groups in total. The molecule has 0 fully saturated rings. The second-order valence-corrected chi connectivity index (χ2v) is 6.61. The van der Waals surface area contributed by atoms with Crippen LogP contribution in [0.5, 0.6) is 0 Å². The van der Waals surface area contributed by atoms with Gasteiger partial charge in [0, 0.05) is 33.4 Å². The zero-order valence-electron chi connectivity index (χ0n) is 15.7. The second-order valence-electron chi connectivity index (χ2n) is 6.61. The van der Waals surface area contributed by atoms with Gasteiger partial charge in [0.1, 0.15) is 5.82 Å². The molecule has 140 valence electrons. The van der Waals surface area contributed by atoms with Gasteiger partial charge in [0.25, 0.3) is 5.91 Å². The summed E-state index contributed by atoms with van der Waals surface area (Å²) in [5.74, 6) is -0.513. The number of nitrogens with one attached hydrogen (secondary N) is 1. The highest BCUT2D eigenvalue weighted by Crippen LogP contribution is 2.20. The lowest BCUT2D eigenvalue weighted by Gasteiger charge is -2.12. The number of benzene rings is 2. The van der Waals surface area contributed by atoms with Crippen molar-refractivity contribution < 1.29 is 9.18 Å². The molecule has 0 bridgehead atoms. The summed E-state index contributed by atoms with van der Waals surface area (Å²) in [5, 5.41) is 7.17. The number of carbonyl (C=O) groups excluding carboxylic acids is 1. The van der Waals surface area contributed by atoms with Crippen LogP contribution in [0.4, 0.5) is 10.1 Å². The molecule has 0 unspecified atom stereocenters. The summed E-state index contributed by atoms with van der Waals surface area (Å²) in [6.45, 7) is 0.530. The van der Waals surface area contributed by atoms with Crippen LogP contribution < -0.4 is 10.2 Å². The molecule has 0 saturated heterocycles. The molecule has 5 nitrogen and oxygen atoms in total. The third-order valence-electron chi connectivity index (χ3n) is 4.40. The van der Waals surface area contributed by atoms with Crippen LogP contribution in [0.15, 0.2) is 54.6 Å². The number of halogens is 1. The van der Waals surface area contributed by atoms with Crippen molar-refractivity contribution in [3.63, 3.8) is 0 Å². The molecule has 1 heterocycles. The van der Waals surface area contributed by atoms with E-state index in [2.05, 4.69) is 34.7 Å². The molecule has 0 aliphatic rings. The van der Waals surface area contributed by atoms with Gasteiger partial charge in [-0.1, -0.05) is 12.1 Å². The molecule has 0 aliphatic carbocycles. The van der Waals surface area contributed by atoms with Crippen LogP contribution in [-0.2, 0) is 13.5 Å². The maximum Gasteiger partial charge on any atom is 0.271 e. The van der Waals surface area contributed by atoms with Crippen LogP contribution >= 0.6 is 0 Å². The number of hydrogen-bond donors (Lipinski definition) is 1. The first kappa shape index (κ1) is 18.6. The standard InChI is InChI=1S/C21H23FN4O/c1-25(2)18-10-4-15(5-11-18)12-13-23-21(27)19-14-20(26(3)24-19)16-6-8-17(22)9-7-16/h4-11,14H,12-13H2,1-3H3,(H,23,27). The van der Waals surface area contributed by atoms with Crippen molar-refractivity contribution in [3.05, 3.63) is 71.7 Å². The highest BCUT2D eigenvalue weighted by molar-refractivity contribution is 5.93. The fraction of sp³-hybridized carbons (Fsp3) is 0.238. The van der Waals surface area contributed by atoms with Gasteiger partial charge in [-0.15, -0.1) is 0 Å². The number of aromatic nitrogens is 2. The Morgan fingerprint density at radius 2 is 1.78 bits per heavy atom. The van der Waals surface area contributed by atoms with Gasteiger partial charge in [0.15, 0.2) is 5.69 Å². The summed E-state index contributed by atoms with van der Waals surface area (Å²) in [5.41, 5.74) is 4.23. The van der Waals surface area contributed by atoms with Crippen LogP contribution in [0, 0.1) is 5.82 Å². The fourth-order valence-corrected chi connectivity index (χ4v) is 2.84. The number of hydrogen-bond acceptors (Lipinski definition) is 3. The Bertz CT molecular complexity index is 914. The molecule has 1 aromatic heterocycles. The number of amides is 1. The summed E-state index contributed by atoms with van der Waals surface area (Å²) in [6, 6.07) is 16.1. The molecule has 3 rings (SSSR count). The van der Waals surface area contributed by atoms with Gasteiger partial charge in [-0.3, -0.25) is 9.48 Å². The van der Waals surface area contributed by atoms with Crippen molar-refractivity contribution in [1.82, 2.24) is 15.1 Å². The lowest BCUT2D eigenvalue weighted by Crippen LogP contribution is -2.26. The fourth-order valence-electron chi connectivity index (χ4n) is 2.84. The maximum absolute atomic E-state index is 13.1. The summed E-state index contributed by atoms with van der Waals surface area (Å²) in [4.78, 5) is 14.4. The monoisotopic (exact) mass is 366 g/mol. The molecule has 27 heavy (non-hydrogen) atoms. The van der Waals surface area contributed by atoms with Crippen LogP contribution in [0.3, 0.4) is 0 Å². The predicted octanol–water partition coefficient (Wildman–Crippen LogP) is 3.26. The number of nitrogens with zero attached hydrogens (tertiary/aromatic N) is 3. The molecule has 2 aromatic carbocycles.